The van der Waals surface area contributed by atoms with Gasteiger partial charge >= 0.3 is 0 Å². The zero-order valence-electron chi connectivity index (χ0n) is 55.3. The van der Waals surface area contributed by atoms with E-state index in [0.717, 1.165) is 83.0 Å². The fourth-order valence-corrected chi connectivity index (χ4v) is 16.7. The summed E-state index contributed by atoms with van der Waals surface area (Å²) in [4.78, 5) is 5.39. The second kappa shape index (κ2) is 22.2. The van der Waals surface area contributed by atoms with Gasteiger partial charge in [0.1, 0.15) is 22.3 Å². The van der Waals surface area contributed by atoms with Crippen molar-refractivity contribution in [1.29, 1.82) is 0 Å². The van der Waals surface area contributed by atoms with Crippen LogP contribution in [0.2, 0.25) is 0 Å². The molecule has 97 heavy (non-hydrogen) atoms. The predicted octanol–water partition coefficient (Wildman–Crippen LogP) is 23.1. The van der Waals surface area contributed by atoms with Crippen molar-refractivity contribution >= 4 is 145 Å². The molecule has 0 atom stereocenters. The normalized spacial score (nSPS) is 13.0. The number of anilines is 6. The molecule has 466 valence electrons. The first kappa shape index (κ1) is 57.2. The molecule has 6 nitrogen and oxygen atoms in total. The lowest BCUT2D eigenvalue weighted by Crippen LogP contribution is -2.61. The van der Waals surface area contributed by atoms with Crippen LogP contribution in [0.1, 0.15) is 77.0 Å². The number of benzene rings is 13. The van der Waals surface area contributed by atoms with Gasteiger partial charge in [-0.1, -0.05) is 205 Å². The van der Waals surface area contributed by atoms with E-state index in [1.54, 1.807) is 0 Å². The quantitative estimate of drug-likeness (QED) is 0.114. The zero-order chi connectivity index (χ0) is 64.8. The van der Waals surface area contributed by atoms with Crippen LogP contribution in [0.5, 0.6) is 0 Å². The Balaban J connectivity index is 0.932. The SMILES string of the molecule is CCCCc1c(N2c3cc(-n4c5ccccc5c5cc(-c6ccccc6)ccc54)ccc3B3c4ccc(-n5c6ccccc6c6cc(-c7ccccc7)ccc65)cc4N(c4ccc5oc6ccccc6c5c4CCCC)c4cc(C(C)(C)C)cc2c43)ccc2oc3ccccc3c12. The Kier molecular flexibility index (Phi) is 13.1. The highest BCUT2D eigenvalue weighted by Crippen LogP contribution is 2.52. The summed E-state index contributed by atoms with van der Waals surface area (Å²) < 4.78 is 18.7. The molecular weight excluding hydrogens is 1180 g/mol. The van der Waals surface area contributed by atoms with Gasteiger partial charge in [-0.25, -0.2) is 0 Å². The summed E-state index contributed by atoms with van der Waals surface area (Å²) in [5.74, 6) is 0. The minimum absolute atomic E-state index is 0.173. The van der Waals surface area contributed by atoms with Gasteiger partial charge in [-0.05, 0) is 196 Å². The van der Waals surface area contributed by atoms with Gasteiger partial charge < -0.3 is 27.8 Å². The monoisotopic (exact) mass is 1250 g/mol. The molecule has 2 aliphatic rings. The first-order valence-electron chi connectivity index (χ1n) is 34.8. The number of unbranched alkanes of at least 4 members (excludes halogenated alkanes) is 2. The summed E-state index contributed by atoms with van der Waals surface area (Å²) in [7, 11) is 0. The van der Waals surface area contributed by atoms with Crippen molar-refractivity contribution in [1.82, 2.24) is 9.13 Å². The number of furan rings is 2. The summed E-state index contributed by atoms with van der Waals surface area (Å²) in [5, 5.41) is 9.60. The number of rotatable bonds is 12. The van der Waals surface area contributed by atoms with Crippen molar-refractivity contribution in [2.45, 2.75) is 78.6 Å². The zero-order valence-corrected chi connectivity index (χ0v) is 55.3. The average molecular weight is 1250 g/mol. The Morgan fingerprint density at radius 1 is 0.330 bits per heavy atom. The molecule has 0 bridgehead atoms. The molecule has 17 aromatic rings. The third kappa shape index (κ3) is 8.80. The molecular formula is C90H71BN4O2. The molecule has 0 aliphatic carbocycles. The van der Waals surface area contributed by atoms with E-state index in [1.807, 2.05) is 0 Å². The molecule has 0 unspecified atom stereocenters. The Morgan fingerprint density at radius 2 is 0.742 bits per heavy atom. The van der Waals surface area contributed by atoms with E-state index in [9.17, 15) is 0 Å². The smallest absolute Gasteiger partial charge is 0.252 e. The Labute approximate surface area is 564 Å². The first-order valence-corrected chi connectivity index (χ1v) is 34.8. The number of hydrogen-bond donors (Lipinski definition) is 0. The lowest BCUT2D eigenvalue weighted by molar-refractivity contribution is 0.590. The lowest BCUT2D eigenvalue weighted by Gasteiger charge is -2.46. The van der Waals surface area contributed by atoms with E-state index in [4.69, 9.17) is 8.83 Å². The number of hydrogen-bond acceptors (Lipinski definition) is 4. The highest BCUT2D eigenvalue weighted by molar-refractivity contribution is 7.00. The maximum absolute atomic E-state index is 6.83. The molecule has 0 spiro atoms. The largest absolute Gasteiger partial charge is 0.456 e. The lowest BCUT2D eigenvalue weighted by atomic mass is 9.33. The molecule has 0 radical (unpaired) electrons. The minimum atomic E-state index is -0.267. The molecule has 0 saturated carbocycles. The molecule has 4 aromatic heterocycles. The average Bonchev–Trinajstić information content (AvgIpc) is 1.37. The van der Waals surface area contributed by atoms with Crippen molar-refractivity contribution in [3.8, 4) is 33.6 Å². The summed E-state index contributed by atoms with van der Waals surface area (Å²) in [5.41, 5.74) is 29.9. The minimum Gasteiger partial charge on any atom is -0.456 e. The van der Waals surface area contributed by atoms with E-state index in [2.05, 4.69) is 320 Å². The van der Waals surface area contributed by atoms with Crippen molar-refractivity contribution < 1.29 is 8.83 Å². The van der Waals surface area contributed by atoms with E-state index >= 15 is 0 Å². The molecule has 13 aromatic carbocycles. The molecule has 19 rings (SSSR count). The summed E-state index contributed by atoms with van der Waals surface area (Å²) in [6, 6.07) is 100. The van der Waals surface area contributed by atoms with Gasteiger partial charge in [0.15, 0.2) is 0 Å². The van der Waals surface area contributed by atoms with Crippen LogP contribution in [0.15, 0.2) is 276 Å². The van der Waals surface area contributed by atoms with Crippen LogP contribution in [0.3, 0.4) is 0 Å². The van der Waals surface area contributed by atoms with Crippen LogP contribution in [0, 0.1) is 0 Å². The fraction of sp³-hybridized carbons (Fsp3) is 0.133. The third-order valence-electron chi connectivity index (χ3n) is 21.3. The number of nitrogens with zero attached hydrogens (tertiary/aromatic N) is 4. The molecule has 6 heterocycles. The molecule has 2 aliphatic heterocycles. The topological polar surface area (TPSA) is 42.6 Å². The molecule has 7 heteroatoms. The van der Waals surface area contributed by atoms with E-state index < -0.39 is 0 Å². The van der Waals surface area contributed by atoms with Crippen LogP contribution in [0.25, 0.3) is 121 Å². The Morgan fingerprint density at radius 3 is 1.19 bits per heavy atom. The molecule has 0 saturated heterocycles. The third-order valence-corrected chi connectivity index (χ3v) is 21.3. The maximum atomic E-state index is 6.83. The van der Waals surface area contributed by atoms with Crippen molar-refractivity contribution in [2.75, 3.05) is 9.80 Å². The predicted molar refractivity (Wildman–Crippen MR) is 410 cm³/mol. The molecule has 0 N–H and O–H groups in total. The van der Waals surface area contributed by atoms with E-state index in [1.165, 1.54) is 144 Å². The van der Waals surface area contributed by atoms with E-state index in [-0.39, 0.29) is 12.1 Å². The van der Waals surface area contributed by atoms with Crippen molar-refractivity contribution in [2.24, 2.45) is 0 Å². The standard InChI is InChI=1S/C90H71BN4O2/c1-6-8-28-65-75(46-48-85-87(65)67-32-18-22-36-83(67)96-85)94-79-54-61(92-73-34-20-16-30-63(73)69-50-58(38-44-77(69)92)56-24-12-10-13-25-56)40-42-71(79)91-72-43-41-62(93-74-35-21-17-31-64(74)70-51-59(39-45-78(70)93)57-26-14-11-15-27-57)55-80(72)95(82-53-60(90(3,4)5)52-81(94)89(82)91)76-47-49-86-88(66(76)29-9-7-2)68-33-19-23-37-84(68)97-86/h10-27,30-55H,6-9,28-29H2,1-5H3. The molecule has 0 fully saturated rings. The Hall–Kier alpha value is -11.3. The van der Waals surface area contributed by atoms with Gasteiger partial charge in [-0.3, -0.25) is 0 Å². The van der Waals surface area contributed by atoms with Crippen molar-refractivity contribution in [3.05, 3.63) is 284 Å². The van der Waals surface area contributed by atoms with E-state index in [0.29, 0.717) is 0 Å². The first-order chi connectivity index (χ1) is 47.7. The van der Waals surface area contributed by atoms with Gasteiger partial charge in [0.2, 0.25) is 0 Å². The second-order valence-corrected chi connectivity index (χ2v) is 27.9. The van der Waals surface area contributed by atoms with Crippen LogP contribution in [-0.4, -0.2) is 15.8 Å². The fourth-order valence-electron chi connectivity index (χ4n) is 16.7. The highest BCUT2D eigenvalue weighted by Gasteiger charge is 2.46. The van der Waals surface area contributed by atoms with Gasteiger partial charge in [-0.15, -0.1) is 0 Å². The Bertz CT molecular complexity index is 5700. The van der Waals surface area contributed by atoms with Crippen LogP contribution < -0.4 is 26.2 Å². The van der Waals surface area contributed by atoms with Crippen LogP contribution in [0.4, 0.5) is 34.1 Å². The number of aromatic nitrogens is 2. The van der Waals surface area contributed by atoms with Gasteiger partial charge in [0.05, 0.1) is 33.4 Å². The highest BCUT2D eigenvalue weighted by atomic mass is 16.3. The van der Waals surface area contributed by atoms with Gasteiger partial charge in [-0.2, -0.15) is 0 Å². The maximum Gasteiger partial charge on any atom is 0.252 e. The van der Waals surface area contributed by atoms with Crippen molar-refractivity contribution in [3.63, 3.8) is 0 Å². The number of fused-ring (bicyclic) bond motifs is 16. The summed E-state index contributed by atoms with van der Waals surface area (Å²) >= 11 is 0. The second-order valence-electron chi connectivity index (χ2n) is 27.9. The molecule has 0 amide bonds. The van der Waals surface area contributed by atoms with Crippen LogP contribution in [-0.2, 0) is 18.3 Å². The summed E-state index contributed by atoms with van der Waals surface area (Å²) in [6.07, 6.45) is 5.92. The summed E-state index contributed by atoms with van der Waals surface area (Å²) in [6.45, 7) is 11.6. The van der Waals surface area contributed by atoms with Crippen LogP contribution >= 0.6 is 0 Å². The number of aryl methyl sites for hydroxylation is 2. The van der Waals surface area contributed by atoms with Gasteiger partial charge in [0.25, 0.3) is 6.71 Å². The van der Waals surface area contributed by atoms with Gasteiger partial charge in [0, 0.05) is 77.2 Å². The number of para-hydroxylation sites is 4.